The highest BCUT2D eigenvalue weighted by Crippen LogP contribution is 2.11. The van der Waals surface area contributed by atoms with Crippen molar-refractivity contribution < 1.29 is 9.53 Å². The Labute approximate surface area is 148 Å². The first-order valence-corrected chi connectivity index (χ1v) is 7.91. The van der Waals surface area contributed by atoms with Crippen LogP contribution in [0.25, 0.3) is 10.9 Å². The van der Waals surface area contributed by atoms with Gasteiger partial charge in [0.1, 0.15) is 0 Å². The molecule has 0 bridgehead atoms. The van der Waals surface area contributed by atoms with Crippen LogP contribution in [0.3, 0.4) is 0 Å². The third-order valence-electron chi connectivity index (χ3n) is 3.59. The Morgan fingerprint density at radius 3 is 2.96 bits per heavy atom. The molecule has 0 aliphatic heterocycles. The fourth-order valence-corrected chi connectivity index (χ4v) is 2.37. The molecule has 2 aromatic heterocycles. The van der Waals surface area contributed by atoms with Crippen LogP contribution in [0.4, 0.5) is 0 Å². The third-order valence-corrected chi connectivity index (χ3v) is 3.59. The van der Waals surface area contributed by atoms with Crippen LogP contribution in [0, 0.1) is 11.3 Å². The molecule has 0 spiro atoms. The number of hydrogen-bond acceptors (Lipinski definition) is 6. The van der Waals surface area contributed by atoms with Gasteiger partial charge in [-0.25, -0.2) is 9.97 Å². The maximum absolute atomic E-state index is 12.3. The Morgan fingerprint density at radius 2 is 2.19 bits per heavy atom. The summed E-state index contributed by atoms with van der Waals surface area (Å²) in [5, 5.41) is 11.9. The fourth-order valence-electron chi connectivity index (χ4n) is 2.37. The van der Waals surface area contributed by atoms with Crippen molar-refractivity contribution in [2.45, 2.75) is 13.5 Å². The summed E-state index contributed by atoms with van der Waals surface area (Å²) in [6.45, 7) is 2.59. The predicted molar refractivity (Wildman–Crippen MR) is 93.7 cm³/mol. The Bertz CT molecular complexity index is 1070. The number of aromatic amines is 1. The third kappa shape index (κ3) is 3.67. The molecule has 0 aliphatic rings. The van der Waals surface area contributed by atoms with Crippen molar-refractivity contribution in [3.63, 3.8) is 0 Å². The summed E-state index contributed by atoms with van der Waals surface area (Å²) < 4.78 is 5.31. The Hall–Kier alpha value is -3.73. The first-order chi connectivity index (χ1) is 12.6. The number of benzene rings is 1. The van der Waals surface area contributed by atoms with E-state index in [0.717, 1.165) is 5.56 Å². The number of H-pyrrole nitrogens is 1. The second-order valence-electron chi connectivity index (χ2n) is 5.38. The van der Waals surface area contributed by atoms with E-state index in [1.54, 1.807) is 24.4 Å². The van der Waals surface area contributed by atoms with E-state index in [1.165, 1.54) is 12.1 Å². The summed E-state index contributed by atoms with van der Waals surface area (Å²) >= 11 is 0. The van der Waals surface area contributed by atoms with E-state index in [-0.39, 0.29) is 17.8 Å². The molecular formula is C18H15N5O3. The van der Waals surface area contributed by atoms with Crippen molar-refractivity contribution in [1.29, 1.82) is 5.26 Å². The molecule has 3 rings (SSSR count). The van der Waals surface area contributed by atoms with Gasteiger partial charge in [-0.05, 0) is 36.8 Å². The van der Waals surface area contributed by atoms with Crippen LogP contribution in [-0.4, -0.2) is 27.5 Å². The minimum Gasteiger partial charge on any atom is -0.478 e. The molecule has 8 nitrogen and oxygen atoms in total. The fraction of sp³-hybridized carbons (Fsp3) is 0.167. The van der Waals surface area contributed by atoms with Crippen LogP contribution < -0.4 is 15.6 Å². The van der Waals surface area contributed by atoms with Gasteiger partial charge in [-0.2, -0.15) is 5.26 Å². The Balaban J connectivity index is 1.79. The van der Waals surface area contributed by atoms with Crippen molar-refractivity contribution in [2.75, 3.05) is 6.61 Å². The van der Waals surface area contributed by atoms with Gasteiger partial charge in [-0.3, -0.25) is 9.59 Å². The van der Waals surface area contributed by atoms with Gasteiger partial charge in [0.05, 0.1) is 29.1 Å². The quantitative estimate of drug-likeness (QED) is 0.720. The van der Waals surface area contributed by atoms with Crippen molar-refractivity contribution in [1.82, 2.24) is 20.3 Å². The average Bonchev–Trinajstić information content (AvgIpc) is 2.66. The molecule has 0 saturated heterocycles. The first-order valence-electron chi connectivity index (χ1n) is 7.91. The standard InChI is InChI=1S/C18H15N5O3/c1-2-26-15-8-12(5-6-20-15)10-21-18(25)16-22-14-4-3-11(9-19)7-13(14)17(24)23-16/h3-8H,2,10H2,1H3,(H,21,25)(H,22,23,24). The normalized spacial score (nSPS) is 10.3. The number of hydrogen-bond donors (Lipinski definition) is 2. The lowest BCUT2D eigenvalue weighted by Gasteiger charge is -2.07. The smallest absolute Gasteiger partial charge is 0.287 e. The molecule has 1 amide bonds. The molecule has 0 radical (unpaired) electrons. The SMILES string of the molecule is CCOc1cc(CNC(=O)c2nc3ccc(C#N)cc3c(=O)[nH]2)ccn1. The number of nitrogens with zero attached hydrogens (tertiary/aromatic N) is 3. The Morgan fingerprint density at radius 1 is 1.35 bits per heavy atom. The molecule has 0 fully saturated rings. The number of carbonyl (C=O) groups is 1. The molecule has 8 heteroatoms. The number of aromatic nitrogens is 3. The molecule has 3 aromatic rings. The molecule has 2 N–H and O–H groups in total. The van der Waals surface area contributed by atoms with E-state index in [4.69, 9.17) is 10.00 Å². The monoisotopic (exact) mass is 349 g/mol. The molecule has 1 aromatic carbocycles. The van der Waals surface area contributed by atoms with Crippen molar-refractivity contribution >= 4 is 16.8 Å². The molecule has 0 atom stereocenters. The van der Waals surface area contributed by atoms with E-state index < -0.39 is 11.5 Å². The molecule has 0 aliphatic carbocycles. The molecule has 0 unspecified atom stereocenters. The van der Waals surface area contributed by atoms with Crippen LogP contribution in [0.1, 0.15) is 28.7 Å². The lowest BCUT2D eigenvalue weighted by molar-refractivity contribution is 0.0940. The van der Waals surface area contributed by atoms with E-state index in [1.807, 2.05) is 13.0 Å². The average molecular weight is 349 g/mol. The summed E-state index contributed by atoms with van der Waals surface area (Å²) in [6, 6.07) is 9.96. The van der Waals surface area contributed by atoms with Crippen LogP contribution in [-0.2, 0) is 6.54 Å². The largest absolute Gasteiger partial charge is 0.478 e. The molecule has 26 heavy (non-hydrogen) atoms. The highest BCUT2D eigenvalue weighted by atomic mass is 16.5. The van der Waals surface area contributed by atoms with Crippen LogP contribution >= 0.6 is 0 Å². The van der Waals surface area contributed by atoms with Gasteiger partial charge in [-0.15, -0.1) is 0 Å². The highest BCUT2D eigenvalue weighted by molar-refractivity contribution is 5.92. The van der Waals surface area contributed by atoms with Gasteiger partial charge < -0.3 is 15.0 Å². The van der Waals surface area contributed by atoms with Gasteiger partial charge in [0.25, 0.3) is 11.5 Å². The van der Waals surface area contributed by atoms with Crippen molar-refractivity contribution in [2.24, 2.45) is 0 Å². The lowest BCUT2D eigenvalue weighted by Crippen LogP contribution is -2.27. The molecule has 2 heterocycles. The van der Waals surface area contributed by atoms with E-state index in [0.29, 0.717) is 23.6 Å². The number of amides is 1. The highest BCUT2D eigenvalue weighted by Gasteiger charge is 2.12. The number of nitriles is 1. The van der Waals surface area contributed by atoms with E-state index in [2.05, 4.69) is 20.3 Å². The topological polar surface area (TPSA) is 121 Å². The first kappa shape index (κ1) is 17.1. The lowest BCUT2D eigenvalue weighted by atomic mass is 10.1. The number of fused-ring (bicyclic) bond motifs is 1. The van der Waals surface area contributed by atoms with Crippen LogP contribution in [0.15, 0.2) is 41.3 Å². The van der Waals surface area contributed by atoms with Gasteiger partial charge >= 0.3 is 0 Å². The zero-order valence-electron chi connectivity index (χ0n) is 13.9. The zero-order chi connectivity index (χ0) is 18.5. The number of ether oxygens (including phenoxy) is 1. The second kappa shape index (κ2) is 7.44. The number of nitrogens with one attached hydrogen (secondary N) is 2. The number of rotatable bonds is 5. The van der Waals surface area contributed by atoms with Crippen LogP contribution in [0.5, 0.6) is 5.88 Å². The minimum atomic E-state index is -0.511. The summed E-state index contributed by atoms with van der Waals surface area (Å²) in [4.78, 5) is 35.1. The molecule has 130 valence electrons. The van der Waals surface area contributed by atoms with E-state index >= 15 is 0 Å². The maximum atomic E-state index is 12.3. The number of carbonyl (C=O) groups excluding carboxylic acids is 1. The van der Waals surface area contributed by atoms with Gasteiger partial charge in [0.15, 0.2) is 5.82 Å². The molecule has 0 saturated carbocycles. The summed E-state index contributed by atoms with van der Waals surface area (Å²) in [5.74, 6) is -0.126. The summed E-state index contributed by atoms with van der Waals surface area (Å²) in [7, 11) is 0. The van der Waals surface area contributed by atoms with Gasteiger partial charge in [-0.1, -0.05) is 0 Å². The van der Waals surface area contributed by atoms with Crippen LogP contribution in [0.2, 0.25) is 0 Å². The second-order valence-corrected chi connectivity index (χ2v) is 5.38. The maximum Gasteiger partial charge on any atom is 0.287 e. The molecular weight excluding hydrogens is 334 g/mol. The Kier molecular flexibility index (Phi) is 4.90. The minimum absolute atomic E-state index is 0.0914. The van der Waals surface area contributed by atoms with E-state index in [9.17, 15) is 9.59 Å². The zero-order valence-corrected chi connectivity index (χ0v) is 13.9. The van der Waals surface area contributed by atoms with Gasteiger partial charge in [0.2, 0.25) is 5.88 Å². The van der Waals surface area contributed by atoms with Crippen molar-refractivity contribution in [3.8, 4) is 11.9 Å². The van der Waals surface area contributed by atoms with Gasteiger partial charge in [0, 0.05) is 18.8 Å². The number of pyridine rings is 1. The summed E-state index contributed by atoms with van der Waals surface area (Å²) in [6.07, 6.45) is 1.59. The van der Waals surface area contributed by atoms with Crippen molar-refractivity contribution in [3.05, 3.63) is 63.8 Å². The summed E-state index contributed by atoms with van der Waals surface area (Å²) in [5.41, 5.74) is 1.03. The predicted octanol–water partition coefficient (Wildman–Crippen LogP) is 1.52.